The van der Waals surface area contributed by atoms with Crippen molar-refractivity contribution in [1.29, 1.82) is 0 Å². The van der Waals surface area contributed by atoms with Crippen LogP contribution < -0.4 is 5.32 Å². The van der Waals surface area contributed by atoms with Gasteiger partial charge in [-0.15, -0.1) is 0 Å². The second-order valence-electron chi connectivity index (χ2n) is 6.35. The largest absolute Gasteiger partial charge is 0.349 e. The zero-order valence-electron chi connectivity index (χ0n) is 11.5. The highest BCUT2D eigenvalue weighted by molar-refractivity contribution is 5.89. The SMILES string of the molecule is CC1CCC(C(=O)NCC(=O)C(C)(C)C)CC1. The minimum Gasteiger partial charge on any atom is -0.349 e. The zero-order valence-corrected chi connectivity index (χ0v) is 11.5. The first-order valence-corrected chi connectivity index (χ1v) is 6.61. The van der Waals surface area contributed by atoms with Gasteiger partial charge in [-0.1, -0.05) is 27.7 Å². The van der Waals surface area contributed by atoms with Crippen LogP contribution in [0.4, 0.5) is 0 Å². The Bertz CT molecular complexity index is 283. The summed E-state index contributed by atoms with van der Waals surface area (Å²) in [5, 5.41) is 2.79. The van der Waals surface area contributed by atoms with Crippen molar-refractivity contribution in [2.75, 3.05) is 6.54 Å². The van der Waals surface area contributed by atoms with E-state index in [9.17, 15) is 9.59 Å². The van der Waals surface area contributed by atoms with Gasteiger partial charge < -0.3 is 5.32 Å². The number of hydrogen-bond donors (Lipinski definition) is 1. The Labute approximate surface area is 104 Å². The summed E-state index contributed by atoms with van der Waals surface area (Å²) in [6.07, 6.45) is 4.20. The maximum absolute atomic E-state index is 11.9. The van der Waals surface area contributed by atoms with Crippen molar-refractivity contribution in [3.05, 3.63) is 0 Å². The molecular formula is C14H25NO2. The van der Waals surface area contributed by atoms with Crippen LogP contribution in [-0.4, -0.2) is 18.2 Å². The number of amides is 1. The lowest BCUT2D eigenvalue weighted by Crippen LogP contribution is -2.39. The average Bonchev–Trinajstić information content (AvgIpc) is 2.25. The molecule has 0 aromatic rings. The van der Waals surface area contributed by atoms with Gasteiger partial charge in [0, 0.05) is 11.3 Å². The Balaban J connectivity index is 2.33. The highest BCUT2D eigenvalue weighted by Gasteiger charge is 2.26. The van der Waals surface area contributed by atoms with Crippen LogP contribution in [0.2, 0.25) is 0 Å². The van der Waals surface area contributed by atoms with E-state index in [-0.39, 0.29) is 29.6 Å². The molecule has 98 valence electrons. The van der Waals surface area contributed by atoms with Crippen LogP contribution in [0.1, 0.15) is 53.4 Å². The molecule has 17 heavy (non-hydrogen) atoms. The standard InChI is InChI=1S/C14H25NO2/c1-10-5-7-11(8-6-10)13(17)15-9-12(16)14(2,3)4/h10-11H,5-9H2,1-4H3,(H,15,17). The number of hydrogen-bond acceptors (Lipinski definition) is 2. The van der Waals surface area contributed by atoms with E-state index in [0.29, 0.717) is 0 Å². The zero-order chi connectivity index (χ0) is 13.1. The third-order valence-corrected chi connectivity index (χ3v) is 3.65. The molecule has 0 unspecified atom stereocenters. The molecule has 0 spiro atoms. The average molecular weight is 239 g/mol. The van der Waals surface area contributed by atoms with Gasteiger partial charge in [-0.25, -0.2) is 0 Å². The smallest absolute Gasteiger partial charge is 0.223 e. The first-order chi connectivity index (χ1) is 7.80. The lowest BCUT2D eigenvalue weighted by atomic mass is 9.82. The lowest BCUT2D eigenvalue weighted by molar-refractivity contribution is -0.131. The molecule has 0 aromatic heterocycles. The monoisotopic (exact) mass is 239 g/mol. The minimum absolute atomic E-state index is 0.0644. The summed E-state index contributed by atoms with van der Waals surface area (Å²) in [6, 6.07) is 0. The molecule has 0 heterocycles. The summed E-state index contributed by atoms with van der Waals surface area (Å²) in [5.74, 6) is 1.03. The van der Waals surface area contributed by atoms with Gasteiger partial charge in [0.05, 0.1) is 6.54 Å². The molecule has 1 aliphatic carbocycles. The molecular weight excluding hydrogens is 214 g/mol. The fourth-order valence-electron chi connectivity index (χ4n) is 2.10. The fraction of sp³-hybridized carbons (Fsp3) is 0.857. The molecule has 1 amide bonds. The number of rotatable bonds is 3. The third-order valence-electron chi connectivity index (χ3n) is 3.65. The van der Waals surface area contributed by atoms with Crippen molar-refractivity contribution < 1.29 is 9.59 Å². The quantitative estimate of drug-likeness (QED) is 0.822. The van der Waals surface area contributed by atoms with Crippen molar-refractivity contribution in [3.63, 3.8) is 0 Å². The van der Waals surface area contributed by atoms with E-state index in [4.69, 9.17) is 0 Å². The molecule has 3 nitrogen and oxygen atoms in total. The summed E-state index contributed by atoms with van der Waals surface area (Å²) in [7, 11) is 0. The summed E-state index contributed by atoms with van der Waals surface area (Å²) in [4.78, 5) is 23.6. The Morgan fingerprint density at radius 2 is 1.65 bits per heavy atom. The van der Waals surface area contributed by atoms with Crippen LogP contribution in [0.3, 0.4) is 0 Å². The molecule has 1 saturated carbocycles. The molecule has 0 aromatic carbocycles. The summed E-state index contributed by atoms with van der Waals surface area (Å²) in [5.41, 5.74) is -0.367. The summed E-state index contributed by atoms with van der Waals surface area (Å²) in [6.45, 7) is 8.04. The normalized spacial score (nSPS) is 25.4. The summed E-state index contributed by atoms with van der Waals surface area (Å²) >= 11 is 0. The van der Waals surface area contributed by atoms with Crippen LogP contribution in [0, 0.1) is 17.3 Å². The summed E-state index contributed by atoms with van der Waals surface area (Å²) < 4.78 is 0. The predicted molar refractivity (Wildman–Crippen MR) is 68.6 cm³/mol. The Hall–Kier alpha value is -0.860. The van der Waals surface area contributed by atoms with E-state index in [2.05, 4.69) is 12.2 Å². The van der Waals surface area contributed by atoms with Crippen molar-refractivity contribution >= 4 is 11.7 Å². The van der Waals surface area contributed by atoms with E-state index in [1.54, 1.807) is 0 Å². The minimum atomic E-state index is -0.367. The number of carbonyl (C=O) groups is 2. The first kappa shape index (κ1) is 14.2. The fourth-order valence-corrected chi connectivity index (χ4v) is 2.10. The molecule has 1 fully saturated rings. The van der Waals surface area contributed by atoms with Crippen molar-refractivity contribution in [1.82, 2.24) is 5.32 Å². The van der Waals surface area contributed by atoms with Gasteiger partial charge in [0.25, 0.3) is 0 Å². The Morgan fingerprint density at radius 3 is 2.12 bits per heavy atom. The Morgan fingerprint density at radius 1 is 1.12 bits per heavy atom. The number of Topliss-reactive ketones (excluding diaryl/α,β-unsaturated/α-hetero) is 1. The molecule has 0 saturated heterocycles. The maximum Gasteiger partial charge on any atom is 0.223 e. The molecule has 1 N–H and O–H groups in total. The van der Waals surface area contributed by atoms with Gasteiger partial charge in [0.1, 0.15) is 0 Å². The molecule has 0 radical (unpaired) electrons. The van der Waals surface area contributed by atoms with Crippen LogP contribution in [0.25, 0.3) is 0 Å². The second-order valence-corrected chi connectivity index (χ2v) is 6.35. The van der Waals surface area contributed by atoms with Gasteiger partial charge >= 0.3 is 0 Å². The van der Waals surface area contributed by atoms with Crippen molar-refractivity contribution in [2.24, 2.45) is 17.3 Å². The van der Waals surface area contributed by atoms with Gasteiger partial charge in [0.15, 0.2) is 5.78 Å². The highest BCUT2D eigenvalue weighted by atomic mass is 16.2. The number of carbonyl (C=O) groups excluding carboxylic acids is 2. The second kappa shape index (κ2) is 5.65. The maximum atomic E-state index is 11.9. The molecule has 1 aliphatic rings. The Kier molecular flexibility index (Phi) is 4.72. The number of ketones is 1. The molecule has 3 heteroatoms. The molecule has 0 bridgehead atoms. The van der Waals surface area contributed by atoms with Crippen LogP contribution >= 0.6 is 0 Å². The van der Waals surface area contributed by atoms with E-state index >= 15 is 0 Å². The van der Waals surface area contributed by atoms with Crippen molar-refractivity contribution in [2.45, 2.75) is 53.4 Å². The molecule has 1 rings (SSSR count). The highest BCUT2D eigenvalue weighted by Crippen LogP contribution is 2.28. The van der Waals surface area contributed by atoms with E-state index in [0.717, 1.165) is 31.6 Å². The van der Waals surface area contributed by atoms with Crippen LogP contribution in [-0.2, 0) is 9.59 Å². The predicted octanol–water partition coefficient (Wildman–Crippen LogP) is 2.54. The van der Waals surface area contributed by atoms with E-state index < -0.39 is 0 Å². The first-order valence-electron chi connectivity index (χ1n) is 6.61. The van der Waals surface area contributed by atoms with Crippen LogP contribution in [0.5, 0.6) is 0 Å². The molecule has 0 atom stereocenters. The number of nitrogens with one attached hydrogen (secondary N) is 1. The van der Waals surface area contributed by atoms with Gasteiger partial charge in [-0.3, -0.25) is 9.59 Å². The van der Waals surface area contributed by atoms with Gasteiger partial charge in [-0.05, 0) is 31.6 Å². The van der Waals surface area contributed by atoms with Gasteiger partial charge in [-0.2, -0.15) is 0 Å². The van der Waals surface area contributed by atoms with Gasteiger partial charge in [0.2, 0.25) is 5.91 Å². The van der Waals surface area contributed by atoms with Crippen molar-refractivity contribution in [3.8, 4) is 0 Å². The van der Waals surface area contributed by atoms with Crippen LogP contribution in [0.15, 0.2) is 0 Å². The lowest BCUT2D eigenvalue weighted by Gasteiger charge is -2.25. The van der Waals surface area contributed by atoms with E-state index in [1.807, 2.05) is 20.8 Å². The van der Waals surface area contributed by atoms with E-state index in [1.165, 1.54) is 0 Å². The molecule has 0 aliphatic heterocycles. The topological polar surface area (TPSA) is 46.2 Å². The third kappa shape index (κ3) is 4.49.